The summed E-state index contributed by atoms with van der Waals surface area (Å²) in [7, 11) is 0. The van der Waals surface area contributed by atoms with Crippen molar-refractivity contribution in [1.29, 1.82) is 0 Å². The van der Waals surface area contributed by atoms with Gasteiger partial charge in [-0.1, -0.05) is 0 Å². The number of ether oxygens (including phenoxy) is 1. The minimum Gasteiger partial charge on any atom is -0.398 e. The fraction of sp³-hybridized carbons (Fsp3) is 0.353. The Hall–Kier alpha value is -1.89. The maximum atomic E-state index is 6.22. The highest BCUT2D eigenvalue weighted by molar-refractivity contribution is 7.08. The lowest BCUT2D eigenvalue weighted by Gasteiger charge is -2.26. The van der Waals surface area contributed by atoms with Crippen molar-refractivity contribution in [1.82, 2.24) is 14.7 Å². The van der Waals surface area contributed by atoms with Crippen LogP contribution in [0, 0.1) is 0 Å². The predicted molar refractivity (Wildman–Crippen MR) is 94.7 cm³/mol. The molecule has 1 saturated heterocycles. The van der Waals surface area contributed by atoms with E-state index >= 15 is 0 Å². The Morgan fingerprint density at radius 3 is 2.87 bits per heavy atom. The first kappa shape index (κ1) is 14.7. The van der Waals surface area contributed by atoms with Crippen molar-refractivity contribution in [2.45, 2.75) is 6.54 Å². The van der Waals surface area contributed by atoms with Crippen LogP contribution in [-0.4, -0.2) is 47.5 Å². The molecule has 0 unspecified atom stereocenters. The molecule has 0 saturated carbocycles. The number of hydrogen-bond donors (Lipinski definition) is 1. The average Bonchev–Trinajstić information content (AvgIpc) is 3.22. The quantitative estimate of drug-likeness (QED) is 0.748. The van der Waals surface area contributed by atoms with Crippen LogP contribution in [0.4, 0.5) is 5.69 Å². The highest BCUT2D eigenvalue weighted by atomic mass is 32.1. The third-order valence-electron chi connectivity index (χ3n) is 4.30. The molecule has 2 N–H and O–H groups in total. The second-order valence-electron chi connectivity index (χ2n) is 5.86. The van der Waals surface area contributed by atoms with Gasteiger partial charge in [0.05, 0.1) is 25.3 Å². The smallest absolute Gasteiger partial charge is 0.0931 e. The van der Waals surface area contributed by atoms with Gasteiger partial charge in [-0.2, -0.15) is 16.4 Å². The Kier molecular flexibility index (Phi) is 4.03. The molecule has 3 aromatic rings. The number of nitrogen functional groups attached to an aromatic ring is 1. The lowest BCUT2D eigenvalue weighted by atomic mass is 10.1. The first-order valence-electron chi connectivity index (χ1n) is 7.89. The lowest BCUT2D eigenvalue weighted by Crippen LogP contribution is -2.38. The van der Waals surface area contributed by atoms with Crippen LogP contribution in [-0.2, 0) is 11.3 Å². The molecule has 3 heterocycles. The lowest BCUT2D eigenvalue weighted by molar-refractivity contribution is 0.0360. The molecule has 1 fully saturated rings. The van der Waals surface area contributed by atoms with Gasteiger partial charge < -0.3 is 10.5 Å². The highest BCUT2D eigenvalue weighted by Gasteiger charge is 2.12. The van der Waals surface area contributed by atoms with Crippen LogP contribution in [0.2, 0.25) is 0 Å². The fourth-order valence-electron chi connectivity index (χ4n) is 2.99. The Labute approximate surface area is 139 Å². The van der Waals surface area contributed by atoms with E-state index in [1.165, 1.54) is 0 Å². The molecule has 5 nitrogen and oxygen atoms in total. The molecule has 0 aliphatic carbocycles. The molecule has 0 spiro atoms. The number of aromatic nitrogens is 2. The van der Waals surface area contributed by atoms with Crippen LogP contribution < -0.4 is 5.73 Å². The Morgan fingerprint density at radius 2 is 2.09 bits per heavy atom. The number of anilines is 1. The van der Waals surface area contributed by atoms with Gasteiger partial charge in [0, 0.05) is 42.5 Å². The second-order valence-corrected chi connectivity index (χ2v) is 6.64. The summed E-state index contributed by atoms with van der Waals surface area (Å²) in [5.74, 6) is 0. The molecule has 120 valence electrons. The van der Waals surface area contributed by atoms with Gasteiger partial charge >= 0.3 is 0 Å². The molecule has 0 radical (unpaired) electrons. The molecule has 4 rings (SSSR count). The molecule has 1 aromatic carbocycles. The monoisotopic (exact) mass is 328 g/mol. The third kappa shape index (κ3) is 3.10. The van der Waals surface area contributed by atoms with Gasteiger partial charge in [-0.3, -0.25) is 9.58 Å². The van der Waals surface area contributed by atoms with E-state index in [1.807, 2.05) is 10.7 Å². The van der Waals surface area contributed by atoms with Crippen molar-refractivity contribution >= 4 is 27.9 Å². The van der Waals surface area contributed by atoms with Crippen molar-refractivity contribution in [2.24, 2.45) is 0 Å². The van der Waals surface area contributed by atoms with Crippen molar-refractivity contribution < 1.29 is 4.74 Å². The van der Waals surface area contributed by atoms with Crippen LogP contribution in [0.1, 0.15) is 0 Å². The third-order valence-corrected chi connectivity index (χ3v) is 4.99. The Balaban J connectivity index is 1.55. The summed E-state index contributed by atoms with van der Waals surface area (Å²) in [6.45, 7) is 5.59. The summed E-state index contributed by atoms with van der Waals surface area (Å²) < 4.78 is 7.41. The van der Waals surface area contributed by atoms with Crippen LogP contribution in [0.15, 0.2) is 35.2 Å². The number of nitrogens with zero attached hydrogens (tertiary/aromatic N) is 3. The Morgan fingerprint density at radius 1 is 1.22 bits per heavy atom. The minimum atomic E-state index is 0.809. The fourth-order valence-corrected chi connectivity index (χ4v) is 3.65. The van der Waals surface area contributed by atoms with E-state index < -0.39 is 0 Å². The van der Waals surface area contributed by atoms with Gasteiger partial charge in [0.1, 0.15) is 0 Å². The SMILES string of the molecule is Nc1cc2cn(CCN3CCOCC3)nc2cc1-c1ccsc1. The molecule has 0 amide bonds. The van der Waals surface area contributed by atoms with Gasteiger partial charge in [-0.25, -0.2) is 0 Å². The van der Waals surface area contributed by atoms with Crippen LogP contribution in [0.5, 0.6) is 0 Å². The zero-order valence-electron chi connectivity index (χ0n) is 12.9. The number of nitrogens with two attached hydrogens (primary N) is 1. The summed E-state index contributed by atoms with van der Waals surface area (Å²) >= 11 is 1.68. The number of rotatable bonds is 4. The number of morpholine rings is 1. The minimum absolute atomic E-state index is 0.809. The van der Waals surface area contributed by atoms with Crippen molar-refractivity contribution in [3.05, 3.63) is 35.2 Å². The topological polar surface area (TPSA) is 56.3 Å². The Bertz CT molecular complexity index is 790. The normalized spacial score (nSPS) is 16.2. The van der Waals surface area contributed by atoms with Gasteiger partial charge in [0.2, 0.25) is 0 Å². The summed E-state index contributed by atoms with van der Waals surface area (Å²) in [4.78, 5) is 2.42. The van der Waals surface area contributed by atoms with Crippen LogP contribution in [0.25, 0.3) is 22.0 Å². The zero-order chi connectivity index (χ0) is 15.6. The van der Waals surface area contributed by atoms with Gasteiger partial charge in [-0.05, 0) is 34.5 Å². The van der Waals surface area contributed by atoms with Crippen molar-refractivity contribution in [3.8, 4) is 11.1 Å². The number of thiophene rings is 1. The van der Waals surface area contributed by atoms with E-state index in [1.54, 1.807) is 11.3 Å². The highest BCUT2D eigenvalue weighted by Crippen LogP contribution is 2.31. The van der Waals surface area contributed by atoms with E-state index in [0.717, 1.165) is 67.1 Å². The predicted octanol–water partition coefficient (Wildman–Crippen LogP) is 2.68. The molecule has 1 aliphatic rings. The average molecular weight is 328 g/mol. The molecule has 23 heavy (non-hydrogen) atoms. The van der Waals surface area contributed by atoms with Gasteiger partial charge in [0.25, 0.3) is 0 Å². The maximum Gasteiger partial charge on any atom is 0.0931 e. The van der Waals surface area contributed by atoms with E-state index in [9.17, 15) is 0 Å². The number of benzene rings is 1. The standard InChI is InChI=1S/C17H20N4OS/c18-16-9-14-11-21(3-2-20-4-6-22-7-5-20)19-17(14)10-15(16)13-1-8-23-12-13/h1,8-12H,2-7,18H2. The maximum absolute atomic E-state index is 6.22. The second kappa shape index (κ2) is 6.31. The molecule has 0 bridgehead atoms. The van der Waals surface area contributed by atoms with Gasteiger partial charge in [0.15, 0.2) is 0 Å². The van der Waals surface area contributed by atoms with E-state index in [0.29, 0.717) is 0 Å². The van der Waals surface area contributed by atoms with Crippen LogP contribution in [0.3, 0.4) is 0 Å². The molecule has 6 heteroatoms. The van der Waals surface area contributed by atoms with Crippen LogP contribution >= 0.6 is 11.3 Å². The summed E-state index contributed by atoms with van der Waals surface area (Å²) in [5, 5.41) is 10.0. The summed E-state index contributed by atoms with van der Waals surface area (Å²) in [6, 6.07) is 6.22. The van der Waals surface area contributed by atoms with E-state index in [2.05, 4.69) is 34.0 Å². The first-order valence-corrected chi connectivity index (χ1v) is 8.83. The molecular weight excluding hydrogens is 308 g/mol. The molecule has 1 aliphatic heterocycles. The molecule has 2 aromatic heterocycles. The van der Waals surface area contributed by atoms with E-state index in [4.69, 9.17) is 15.6 Å². The summed E-state index contributed by atoms with van der Waals surface area (Å²) in [6.07, 6.45) is 2.09. The first-order chi connectivity index (χ1) is 11.3. The molecule has 0 atom stereocenters. The number of hydrogen-bond acceptors (Lipinski definition) is 5. The van der Waals surface area contributed by atoms with E-state index in [-0.39, 0.29) is 0 Å². The molecular formula is C17H20N4OS. The van der Waals surface area contributed by atoms with Crippen molar-refractivity contribution in [3.63, 3.8) is 0 Å². The zero-order valence-corrected chi connectivity index (χ0v) is 13.8. The van der Waals surface area contributed by atoms with Gasteiger partial charge in [-0.15, -0.1) is 0 Å². The summed E-state index contributed by atoms with van der Waals surface area (Å²) in [5.41, 5.74) is 10.3. The number of fused-ring (bicyclic) bond motifs is 1. The van der Waals surface area contributed by atoms with Crippen molar-refractivity contribution in [2.75, 3.05) is 38.6 Å². The largest absolute Gasteiger partial charge is 0.398 e.